The number of aliphatic hydroxyl groups is 1. The zero-order valence-corrected chi connectivity index (χ0v) is 8.91. The topological polar surface area (TPSA) is 77.6 Å². The SMILES string of the molecule is COc1nc(CN)cc(OC(F)(F)F)c1CO. The second-order valence-electron chi connectivity index (χ2n) is 3.01. The van der Waals surface area contributed by atoms with Crippen LogP contribution in [-0.2, 0) is 13.2 Å². The molecule has 1 heterocycles. The van der Waals surface area contributed by atoms with Crippen LogP contribution in [0.5, 0.6) is 11.6 Å². The number of nitrogens with two attached hydrogens (primary N) is 1. The lowest BCUT2D eigenvalue weighted by molar-refractivity contribution is -0.275. The van der Waals surface area contributed by atoms with Crippen molar-refractivity contribution in [3.05, 3.63) is 17.3 Å². The number of methoxy groups -OCH3 is 1. The van der Waals surface area contributed by atoms with Crippen molar-refractivity contribution in [2.45, 2.75) is 19.5 Å². The molecular formula is C9H11F3N2O3. The van der Waals surface area contributed by atoms with E-state index in [1.165, 1.54) is 7.11 Å². The molecule has 0 saturated heterocycles. The number of nitrogens with zero attached hydrogens (tertiary/aromatic N) is 1. The van der Waals surface area contributed by atoms with Crippen molar-refractivity contribution < 1.29 is 27.8 Å². The van der Waals surface area contributed by atoms with Crippen LogP contribution >= 0.6 is 0 Å². The van der Waals surface area contributed by atoms with Crippen molar-refractivity contribution in [3.8, 4) is 11.6 Å². The number of hydrogen-bond donors (Lipinski definition) is 2. The van der Waals surface area contributed by atoms with Crippen LogP contribution in [0.2, 0.25) is 0 Å². The predicted molar refractivity (Wildman–Crippen MR) is 51.3 cm³/mol. The van der Waals surface area contributed by atoms with Gasteiger partial charge in [-0.05, 0) is 0 Å². The largest absolute Gasteiger partial charge is 0.573 e. The predicted octanol–water partition coefficient (Wildman–Crippen LogP) is 0.940. The highest BCUT2D eigenvalue weighted by atomic mass is 19.4. The molecular weight excluding hydrogens is 241 g/mol. The Balaban J connectivity index is 3.24. The summed E-state index contributed by atoms with van der Waals surface area (Å²) in [5.41, 5.74) is 5.27. The molecule has 0 aliphatic carbocycles. The standard InChI is InChI=1S/C9H11F3N2O3/c1-16-8-6(4-15)7(17-9(10,11)12)2-5(3-13)14-8/h2,15H,3-4,13H2,1H3. The van der Waals surface area contributed by atoms with E-state index in [0.29, 0.717) is 0 Å². The fraction of sp³-hybridized carbons (Fsp3) is 0.444. The molecule has 3 N–H and O–H groups in total. The normalized spacial score (nSPS) is 11.4. The fourth-order valence-electron chi connectivity index (χ4n) is 1.21. The second-order valence-corrected chi connectivity index (χ2v) is 3.01. The lowest BCUT2D eigenvalue weighted by Crippen LogP contribution is -2.19. The summed E-state index contributed by atoms with van der Waals surface area (Å²) >= 11 is 0. The number of pyridine rings is 1. The highest BCUT2D eigenvalue weighted by molar-refractivity contribution is 5.41. The average molecular weight is 252 g/mol. The lowest BCUT2D eigenvalue weighted by atomic mass is 10.2. The number of rotatable bonds is 4. The minimum Gasteiger partial charge on any atom is -0.481 e. The molecule has 0 fully saturated rings. The van der Waals surface area contributed by atoms with Gasteiger partial charge in [0.2, 0.25) is 5.88 Å². The molecule has 1 rings (SSSR count). The molecule has 96 valence electrons. The van der Waals surface area contributed by atoms with Crippen molar-refractivity contribution in [2.24, 2.45) is 5.73 Å². The van der Waals surface area contributed by atoms with E-state index < -0.39 is 18.7 Å². The minimum absolute atomic E-state index is 0.0731. The Morgan fingerprint density at radius 3 is 2.53 bits per heavy atom. The summed E-state index contributed by atoms with van der Waals surface area (Å²) in [5, 5.41) is 8.99. The van der Waals surface area contributed by atoms with E-state index in [9.17, 15) is 13.2 Å². The van der Waals surface area contributed by atoms with Gasteiger partial charge in [0.25, 0.3) is 0 Å². The van der Waals surface area contributed by atoms with E-state index in [2.05, 4.69) is 9.72 Å². The quantitative estimate of drug-likeness (QED) is 0.833. The zero-order valence-electron chi connectivity index (χ0n) is 8.91. The Labute approximate surface area is 95.0 Å². The van der Waals surface area contributed by atoms with Gasteiger partial charge in [0.15, 0.2) is 0 Å². The van der Waals surface area contributed by atoms with Crippen LogP contribution < -0.4 is 15.2 Å². The first-order chi connectivity index (χ1) is 7.91. The fourth-order valence-corrected chi connectivity index (χ4v) is 1.21. The second kappa shape index (κ2) is 5.19. The molecule has 1 aromatic rings. The molecule has 8 heteroatoms. The molecule has 0 spiro atoms. The molecule has 0 saturated carbocycles. The Morgan fingerprint density at radius 2 is 2.12 bits per heavy atom. The Morgan fingerprint density at radius 1 is 1.47 bits per heavy atom. The van der Waals surface area contributed by atoms with Crippen molar-refractivity contribution in [1.82, 2.24) is 4.98 Å². The van der Waals surface area contributed by atoms with E-state index >= 15 is 0 Å². The maximum Gasteiger partial charge on any atom is 0.573 e. The lowest BCUT2D eigenvalue weighted by Gasteiger charge is -2.15. The first-order valence-electron chi connectivity index (χ1n) is 4.54. The first-order valence-corrected chi connectivity index (χ1v) is 4.54. The summed E-state index contributed by atoms with van der Waals surface area (Å²) in [7, 11) is 1.22. The molecule has 5 nitrogen and oxygen atoms in total. The number of halogens is 3. The third-order valence-electron chi connectivity index (χ3n) is 1.88. The van der Waals surface area contributed by atoms with E-state index in [1.807, 2.05) is 0 Å². The van der Waals surface area contributed by atoms with Crippen LogP contribution in [0.25, 0.3) is 0 Å². The number of aromatic nitrogens is 1. The van der Waals surface area contributed by atoms with Crippen molar-refractivity contribution in [3.63, 3.8) is 0 Å². The number of hydrogen-bond acceptors (Lipinski definition) is 5. The summed E-state index contributed by atoms with van der Waals surface area (Å²) in [6.45, 7) is -0.761. The van der Waals surface area contributed by atoms with Crippen LogP contribution in [-0.4, -0.2) is 23.6 Å². The smallest absolute Gasteiger partial charge is 0.481 e. The van der Waals surface area contributed by atoms with Gasteiger partial charge < -0.3 is 20.3 Å². The molecule has 0 bridgehead atoms. The minimum atomic E-state index is -4.86. The van der Waals surface area contributed by atoms with Crippen LogP contribution in [0.1, 0.15) is 11.3 Å². The monoisotopic (exact) mass is 252 g/mol. The van der Waals surface area contributed by atoms with Gasteiger partial charge in [-0.25, -0.2) is 4.98 Å². The van der Waals surface area contributed by atoms with Crippen molar-refractivity contribution in [1.29, 1.82) is 0 Å². The first kappa shape index (κ1) is 13.5. The Kier molecular flexibility index (Phi) is 4.13. The van der Waals surface area contributed by atoms with E-state index in [4.69, 9.17) is 15.6 Å². The summed E-state index contributed by atoms with van der Waals surface area (Å²) < 4.78 is 44.9. The van der Waals surface area contributed by atoms with Gasteiger partial charge in [-0.2, -0.15) is 0 Å². The maximum atomic E-state index is 12.1. The van der Waals surface area contributed by atoms with Crippen LogP contribution in [0.15, 0.2) is 6.07 Å². The van der Waals surface area contributed by atoms with Gasteiger partial charge in [0.05, 0.1) is 25.0 Å². The van der Waals surface area contributed by atoms with Crippen molar-refractivity contribution >= 4 is 0 Å². The molecule has 17 heavy (non-hydrogen) atoms. The Bertz CT molecular complexity index is 396. The number of alkyl halides is 3. The molecule has 0 aromatic carbocycles. The van der Waals surface area contributed by atoms with Crippen LogP contribution in [0.3, 0.4) is 0 Å². The summed E-state index contributed by atoms with van der Waals surface area (Å²) in [6.07, 6.45) is -4.86. The van der Waals surface area contributed by atoms with E-state index in [0.717, 1.165) is 6.07 Å². The Hall–Kier alpha value is -1.54. The van der Waals surface area contributed by atoms with Gasteiger partial charge in [-0.3, -0.25) is 0 Å². The average Bonchev–Trinajstić information content (AvgIpc) is 2.25. The zero-order chi connectivity index (χ0) is 13.1. The van der Waals surface area contributed by atoms with Crippen LogP contribution in [0.4, 0.5) is 13.2 Å². The van der Waals surface area contributed by atoms with Crippen LogP contribution in [0, 0.1) is 0 Å². The summed E-state index contributed by atoms with van der Waals surface area (Å²) in [4.78, 5) is 3.82. The van der Waals surface area contributed by atoms with E-state index in [1.54, 1.807) is 0 Å². The molecule has 0 unspecified atom stereocenters. The van der Waals surface area contributed by atoms with Gasteiger partial charge in [-0.1, -0.05) is 0 Å². The molecule has 0 atom stereocenters. The van der Waals surface area contributed by atoms with E-state index in [-0.39, 0.29) is 23.7 Å². The van der Waals surface area contributed by atoms with Gasteiger partial charge in [-0.15, -0.1) is 13.2 Å². The molecule has 0 aliphatic rings. The number of aliphatic hydroxyl groups excluding tert-OH is 1. The van der Waals surface area contributed by atoms with Gasteiger partial charge >= 0.3 is 6.36 Å². The third kappa shape index (κ3) is 3.46. The summed E-state index contributed by atoms with van der Waals surface area (Å²) in [5.74, 6) is -0.706. The molecule has 0 amide bonds. The molecule has 0 radical (unpaired) electrons. The highest BCUT2D eigenvalue weighted by Gasteiger charge is 2.33. The molecule has 0 aliphatic heterocycles. The van der Waals surface area contributed by atoms with Crippen molar-refractivity contribution in [2.75, 3.05) is 7.11 Å². The third-order valence-corrected chi connectivity index (χ3v) is 1.88. The summed E-state index contributed by atoms with van der Waals surface area (Å²) in [6, 6.07) is 1.02. The maximum absolute atomic E-state index is 12.1. The highest BCUT2D eigenvalue weighted by Crippen LogP contribution is 2.32. The van der Waals surface area contributed by atoms with Gasteiger partial charge in [0.1, 0.15) is 5.75 Å². The van der Waals surface area contributed by atoms with Gasteiger partial charge in [0, 0.05) is 12.6 Å². The molecule has 1 aromatic heterocycles. The number of ether oxygens (including phenoxy) is 2.